The molecule has 0 saturated heterocycles. The summed E-state index contributed by atoms with van der Waals surface area (Å²) in [6.07, 6.45) is 1.14. The molecule has 3 aromatic rings. The van der Waals surface area contributed by atoms with E-state index in [1.807, 2.05) is 0 Å². The second-order valence-electron chi connectivity index (χ2n) is 5.54. The van der Waals surface area contributed by atoms with Gasteiger partial charge in [0, 0.05) is 4.47 Å². The number of halogens is 1. The van der Waals surface area contributed by atoms with Crippen LogP contribution in [0, 0.1) is 0 Å². The molecular weight excluding hydrogens is 348 g/mol. The van der Waals surface area contributed by atoms with Crippen LogP contribution in [0.15, 0.2) is 89.4 Å². The largest absolute Gasteiger partial charge is 0.103 e. The molecule has 0 aliphatic heterocycles. The normalized spacial score (nSPS) is 10.8. The molecule has 0 nitrogen and oxygen atoms in total. The summed E-state index contributed by atoms with van der Waals surface area (Å²) < 4.78 is 1.17. The molecule has 22 heavy (non-hydrogen) atoms. The molecule has 0 spiro atoms. The van der Waals surface area contributed by atoms with Crippen LogP contribution < -0.4 is 10.4 Å². The summed E-state index contributed by atoms with van der Waals surface area (Å²) in [5.41, 5.74) is 1.42. The molecule has 0 aliphatic carbocycles. The molecule has 110 valence electrons. The van der Waals surface area contributed by atoms with Gasteiger partial charge in [-0.1, -0.05) is 99.1 Å². The number of aryl methyl sites for hydroxylation is 1. The van der Waals surface area contributed by atoms with E-state index in [-0.39, 0.29) is 0 Å². The van der Waals surface area contributed by atoms with Gasteiger partial charge in [-0.15, -0.1) is 0 Å². The average molecular weight is 367 g/mol. The quantitative estimate of drug-likeness (QED) is 0.598. The number of hydrogen-bond donors (Lipinski definition) is 0. The highest BCUT2D eigenvalue weighted by Gasteiger charge is 2.15. The van der Waals surface area contributed by atoms with Crippen LogP contribution in [0.2, 0.25) is 6.04 Å². The van der Waals surface area contributed by atoms with E-state index in [9.17, 15) is 0 Å². The maximum atomic E-state index is 3.57. The Bertz CT molecular complexity index is 671. The van der Waals surface area contributed by atoms with Crippen LogP contribution in [-0.2, 0) is 6.42 Å². The molecule has 0 bridgehead atoms. The van der Waals surface area contributed by atoms with Crippen molar-refractivity contribution >= 4 is 35.1 Å². The Morgan fingerprint density at radius 3 is 1.82 bits per heavy atom. The second-order valence-corrected chi connectivity index (χ2v) is 9.47. The zero-order valence-electron chi connectivity index (χ0n) is 12.5. The first-order valence-electron chi connectivity index (χ1n) is 7.67. The molecule has 0 unspecified atom stereocenters. The first-order valence-corrected chi connectivity index (χ1v) is 10.4. The van der Waals surface area contributed by atoms with Crippen LogP contribution in [-0.4, -0.2) is 8.80 Å². The minimum atomic E-state index is -1.15. The lowest BCUT2D eigenvalue weighted by Gasteiger charge is -2.16. The highest BCUT2D eigenvalue weighted by molar-refractivity contribution is 9.10. The summed E-state index contributed by atoms with van der Waals surface area (Å²) in [7, 11) is -1.15. The molecule has 0 aromatic heterocycles. The molecule has 2 heteroatoms. The average Bonchev–Trinajstić information content (AvgIpc) is 2.57. The molecule has 0 atom stereocenters. The summed E-state index contributed by atoms with van der Waals surface area (Å²) in [5.74, 6) is 0. The van der Waals surface area contributed by atoms with Crippen LogP contribution in [0.3, 0.4) is 0 Å². The van der Waals surface area contributed by atoms with Crippen molar-refractivity contribution in [3.8, 4) is 0 Å². The topological polar surface area (TPSA) is 0 Å². The predicted octanol–water partition coefficient (Wildman–Crippen LogP) is 4.03. The lowest BCUT2D eigenvalue weighted by atomic mass is 10.2. The summed E-state index contributed by atoms with van der Waals surface area (Å²) >= 11 is 3.57. The smallest absolute Gasteiger partial charge is 0.0629 e. The van der Waals surface area contributed by atoms with Gasteiger partial charge in [0.15, 0.2) is 0 Å². The Kier molecular flexibility index (Phi) is 5.25. The number of benzene rings is 3. The molecule has 0 aliphatic rings. The fourth-order valence-electron chi connectivity index (χ4n) is 2.90. The van der Waals surface area contributed by atoms with E-state index >= 15 is 0 Å². The molecular formula is C20H19BrSi. The summed E-state index contributed by atoms with van der Waals surface area (Å²) in [6.45, 7) is 0. The molecule has 0 fully saturated rings. The van der Waals surface area contributed by atoms with Crippen LogP contribution in [0.25, 0.3) is 0 Å². The van der Waals surface area contributed by atoms with Gasteiger partial charge in [-0.2, -0.15) is 0 Å². The first kappa shape index (κ1) is 15.3. The van der Waals surface area contributed by atoms with Gasteiger partial charge in [-0.3, -0.25) is 0 Å². The minimum Gasteiger partial charge on any atom is -0.0629 e. The Balaban J connectivity index is 1.83. The Labute approximate surface area is 142 Å². The Morgan fingerprint density at radius 1 is 0.682 bits per heavy atom. The van der Waals surface area contributed by atoms with Crippen molar-refractivity contribution in [1.82, 2.24) is 0 Å². The zero-order valence-corrected chi connectivity index (χ0v) is 15.2. The van der Waals surface area contributed by atoms with Crippen molar-refractivity contribution in [3.05, 3.63) is 95.0 Å². The van der Waals surface area contributed by atoms with E-state index < -0.39 is 8.80 Å². The number of hydrogen-bond acceptors (Lipinski definition) is 0. The molecule has 3 aromatic carbocycles. The molecule has 0 saturated carbocycles. The van der Waals surface area contributed by atoms with Gasteiger partial charge in [-0.05, 0) is 30.2 Å². The first-order chi connectivity index (χ1) is 10.8. The van der Waals surface area contributed by atoms with Gasteiger partial charge in [0.2, 0.25) is 0 Å². The van der Waals surface area contributed by atoms with Crippen molar-refractivity contribution < 1.29 is 0 Å². The van der Waals surface area contributed by atoms with Gasteiger partial charge in [0.1, 0.15) is 8.80 Å². The van der Waals surface area contributed by atoms with Crippen LogP contribution in [0.1, 0.15) is 5.56 Å². The maximum Gasteiger partial charge on any atom is 0.103 e. The van der Waals surface area contributed by atoms with Gasteiger partial charge in [0.25, 0.3) is 0 Å². The molecule has 0 N–H and O–H groups in total. The summed E-state index contributed by atoms with van der Waals surface area (Å²) in [5, 5.41) is 3.06. The van der Waals surface area contributed by atoms with Crippen molar-refractivity contribution in [2.45, 2.75) is 12.5 Å². The fourth-order valence-corrected chi connectivity index (χ4v) is 6.39. The van der Waals surface area contributed by atoms with Crippen molar-refractivity contribution in [2.24, 2.45) is 0 Å². The summed E-state index contributed by atoms with van der Waals surface area (Å²) in [4.78, 5) is 0. The Morgan fingerprint density at radius 2 is 1.27 bits per heavy atom. The predicted molar refractivity (Wildman–Crippen MR) is 102 cm³/mol. The molecule has 0 heterocycles. The van der Waals surface area contributed by atoms with Gasteiger partial charge in [0.05, 0.1) is 0 Å². The van der Waals surface area contributed by atoms with Crippen molar-refractivity contribution in [3.63, 3.8) is 0 Å². The standard InChI is InChI=1S/C20H19BrSi/c21-18-9-7-8-17(16-18)14-15-22(19-10-3-1-4-11-19)20-12-5-2-6-13-20/h1-13,16,22H,14-15H2. The van der Waals surface area contributed by atoms with E-state index in [0.29, 0.717) is 0 Å². The molecule has 3 rings (SSSR count). The van der Waals surface area contributed by atoms with E-state index in [1.165, 1.54) is 26.5 Å². The fraction of sp³-hybridized carbons (Fsp3) is 0.100. The van der Waals surface area contributed by atoms with Gasteiger partial charge in [-0.25, -0.2) is 0 Å². The van der Waals surface area contributed by atoms with Crippen molar-refractivity contribution in [1.29, 1.82) is 0 Å². The van der Waals surface area contributed by atoms with E-state index in [0.717, 1.165) is 6.42 Å². The lowest BCUT2D eigenvalue weighted by Crippen LogP contribution is -2.42. The third kappa shape index (κ3) is 3.96. The third-order valence-electron chi connectivity index (χ3n) is 4.01. The third-order valence-corrected chi connectivity index (χ3v) is 7.75. The highest BCUT2D eigenvalue weighted by Crippen LogP contribution is 2.14. The van der Waals surface area contributed by atoms with Crippen LogP contribution >= 0.6 is 15.9 Å². The molecule has 0 amide bonds. The van der Waals surface area contributed by atoms with Gasteiger partial charge >= 0.3 is 0 Å². The number of rotatable bonds is 5. The second kappa shape index (κ2) is 7.57. The minimum absolute atomic E-state index is 1.14. The molecule has 0 radical (unpaired) electrons. The van der Waals surface area contributed by atoms with Crippen LogP contribution in [0.4, 0.5) is 0 Å². The summed E-state index contributed by atoms with van der Waals surface area (Å²) in [6, 6.07) is 32.0. The van der Waals surface area contributed by atoms with Gasteiger partial charge < -0.3 is 0 Å². The van der Waals surface area contributed by atoms with Crippen LogP contribution in [0.5, 0.6) is 0 Å². The lowest BCUT2D eigenvalue weighted by molar-refractivity contribution is 1.12. The van der Waals surface area contributed by atoms with E-state index in [2.05, 4.69) is 101 Å². The SMILES string of the molecule is Brc1cccc(CC[SiH](c2ccccc2)c2ccccc2)c1. The highest BCUT2D eigenvalue weighted by atomic mass is 79.9. The van der Waals surface area contributed by atoms with E-state index in [1.54, 1.807) is 0 Å². The van der Waals surface area contributed by atoms with Crippen molar-refractivity contribution in [2.75, 3.05) is 0 Å². The maximum absolute atomic E-state index is 3.57. The zero-order chi connectivity index (χ0) is 15.2. The monoisotopic (exact) mass is 366 g/mol. The Hall–Kier alpha value is -1.64. The van der Waals surface area contributed by atoms with E-state index in [4.69, 9.17) is 0 Å².